The maximum atomic E-state index is 12.9. The number of nitrogens with zero attached hydrogens (tertiary/aromatic N) is 1. The summed E-state index contributed by atoms with van der Waals surface area (Å²) < 4.78 is 0. The first-order valence-electron chi connectivity index (χ1n) is 7.79. The van der Waals surface area contributed by atoms with Gasteiger partial charge >= 0.3 is 0 Å². The third kappa shape index (κ3) is 1.63. The molecule has 1 saturated heterocycles. The number of rotatable bonds is 1. The maximum Gasteiger partial charge on any atom is 0.229 e. The van der Waals surface area contributed by atoms with E-state index in [1.807, 2.05) is 4.90 Å². The highest BCUT2D eigenvalue weighted by atomic mass is 16.3. The van der Waals surface area contributed by atoms with Crippen LogP contribution in [-0.2, 0) is 4.79 Å². The average molecular weight is 263 g/mol. The molecule has 4 saturated carbocycles. The number of hydrogen-bond acceptors (Lipinski definition) is 2. The third-order valence-electron chi connectivity index (χ3n) is 6.23. The minimum atomic E-state index is -0.274. The van der Waals surface area contributed by atoms with E-state index in [1.165, 1.54) is 19.3 Å². The van der Waals surface area contributed by atoms with E-state index in [2.05, 4.69) is 13.8 Å². The van der Waals surface area contributed by atoms with E-state index < -0.39 is 0 Å². The van der Waals surface area contributed by atoms with E-state index in [9.17, 15) is 9.90 Å². The number of carbonyl (C=O) groups is 1. The van der Waals surface area contributed by atoms with E-state index in [4.69, 9.17) is 0 Å². The Labute approximate surface area is 115 Å². The maximum absolute atomic E-state index is 12.9. The molecule has 0 unspecified atom stereocenters. The molecule has 3 nitrogen and oxygen atoms in total. The fourth-order valence-electron chi connectivity index (χ4n) is 6.64. The number of likely N-dealkylation sites (tertiary alicyclic amines) is 1. The van der Waals surface area contributed by atoms with Crippen molar-refractivity contribution in [3.05, 3.63) is 0 Å². The van der Waals surface area contributed by atoms with Crippen molar-refractivity contribution in [1.82, 2.24) is 4.90 Å². The Morgan fingerprint density at radius 1 is 1.05 bits per heavy atom. The molecule has 1 N–H and O–H groups in total. The summed E-state index contributed by atoms with van der Waals surface area (Å²) in [7, 11) is 0. The van der Waals surface area contributed by atoms with Gasteiger partial charge in [-0.25, -0.2) is 0 Å². The van der Waals surface area contributed by atoms with Gasteiger partial charge in [0.25, 0.3) is 0 Å². The van der Waals surface area contributed by atoms with E-state index in [0.717, 1.165) is 25.2 Å². The molecule has 4 bridgehead atoms. The number of β-amino-alcohol motifs (C(OH)–C–C–N with tert-alkyl or cyclic N) is 1. The highest BCUT2D eigenvalue weighted by Gasteiger charge is 2.63. The Kier molecular flexibility index (Phi) is 2.16. The van der Waals surface area contributed by atoms with Gasteiger partial charge in [0.05, 0.1) is 11.5 Å². The van der Waals surface area contributed by atoms with Gasteiger partial charge in [0.1, 0.15) is 0 Å². The van der Waals surface area contributed by atoms with Crippen molar-refractivity contribution in [2.45, 2.75) is 58.5 Å². The number of aliphatic hydroxyl groups excluding tert-OH is 1. The molecule has 5 rings (SSSR count). The molecular weight excluding hydrogens is 238 g/mol. The van der Waals surface area contributed by atoms with Gasteiger partial charge in [-0.1, -0.05) is 13.8 Å². The summed E-state index contributed by atoms with van der Waals surface area (Å²) in [4.78, 5) is 14.8. The Morgan fingerprint density at radius 3 is 2.11 bits per heavy atom. The predicted molar refractivity (Wildman–Crippen MR) is 72.4 cm³/mol. The number of hydrogen-bond donors (Lipinski definition) is 1. The van der Waals surface area contributed by atoms with Crippen LogP contribution in [0.5, 0.6) is 0 Å². The minimum Gasteiger partial charge on any atom is -0.389 e. The van der Waals surface area contributed by atoms with Crippen LogP contribution in [0.3, 0.4) is 0 Å². The molecule has 5 aliphatic rings. The van der Waals surface area contributed by atoms with Crippen LogP contribution in [0.4, 0.5) is 0 Å². The van der Waals surface area contributed by atoms with Crippen molar-refractivity contribution < 1.29 is 9.90 Å². The van der Waals surface area contributed by atoms with E-state index in [0.29, 0.717) is 29.8 Å². The second-order valence-electron chi connectivity index (χ2n) is 8.77. The molecule has 2 atom stereocenters. The molecular formula is C16H25NO2. The highest BCUT2D eigenvalue weighted by molar-refractivity contribution is 5.84. The van der Waals surface area contributed by atoms with E-state index in [-0.39, 0.29) is 11.5 Å². The van der Waals surface area contributed by atoms with Gasteiger partial charge in [-0.15, -0.1) is 0 Å². The van der Waals surface area contributed by atoms with Crippen molar-refractivity contribution in [3.63, 3.8) is 0 Å². The van der Waals surface area contributed by atoms with Crippen molar-refractivity contribution in [2.24, 2.45) is 22.2 Å². The van der Waals surface area contributed by atoms with Crippen molar-refractivity contribution in [1.29, 1.82) is 0 Å². The van der Waals surface area contributed by atoms with Gasteiger partial charge < -0.3 is 10.0 Å². The molecule has 19 heavy (non-hydrogen) atoms. The Hall–Kier alpha value is -0.570. The van der Waals surface area contributed by atoms with Gasteiger partial charge in [-0.2, -0.15) is 0 Å². The van der Waals surface area contributed by atoms with E-state index >= 15 is 0 Å². The quantitative estimate of drug-likeness (QED) is 0.788. The van der Waals surface area contributed by atoms with Gasteiger partial charge in [-0.3, -0.25) is 4.79 Å². The van der Waals surface area contributed by atoms with Crippen LogP contribution in [0.25, 0.3) is 0 Å². The Balaban J connectivity index is 1.65. The Morgan fingerprint density at radius 2 is 1.63 bits per heavy atom. The topological polar surface area (TPSA) is 40.5 Å². The van der Waals surface area contributed by atoms with Crippen LogP contribution in [0.1, 0.15) is 52.4 Å². The zero-order chi connectivity index (χ0) is 13.5. The average Bonchev–Trinajstić information content (AvgIpc) is 2.18. The fourth-order valence-corrected chi connectivity index (χ4v) is 6.64. The predicted octanol–water partition coefficient (Wildman–Crippen LogP) is 2.19. The smallest absolute Gasteiger partial charge is 0.229 e. The molecule has 3 heteroatoms. The zero-order valence-electron chi connectivity index (χ0n) is 12.1. The highest BCUT2D eigenvalue weighted by Crippen LogP contribution is 2.69. The standard InChI is InChI=1S/C16H25NO2/c1-14-3-11-4-15(2,8-14)10-16(5-11,9-14)13(19)17-6-12(18)7-17/h11-12,18H,3-10H2,1-2H3/t11?,14-,15-,16?/m1/s1. The van der Waals surface area contributed by atoms with Gasteiger partial charge in [0.15, 0.2) is 0 Å². The Bertz CT molecular complexity index is 422. The molecule has 106 valence electrons. The molecule has 4 aliphatic carbocycles. The second kappa shape index (κ2) is 3.36. The molecule has 1 aliphatic heterocycles. The van der Waals surface area contributed by atoms with Gasteiger partial charge in [0, 0.05) is 13.1 Å². The third-order valence-corrected chi connectivity index (χ3v) is 6.23. The molecule has 5 fully saturated rings. The summed E-state index contributed by atoms with van der Waals surface area (Å²) in [6.45, 7) is 5.95. The van der Waals surface area contributed by atoms with Crippen LogP contribution in [0.15, 0.2) is 0 Å². The minimum absolute atomic E-state index is 0.0803. The van der Waals surface area contributed by atoms with Gasteiger partial charge in [0.2, 0.25) is 5.91 Å². The van der Waals surface area contributed by atoms with Gasteiger partial charge in [-0.05, 0) is 55.3 Å². The second-order valence-corrected chi connectivity index (χ2v) is 8.77. The molecule has 0 aromatic carbocycles. The lowest BCUT2D eigenvalue weighted by atomic mass is 9.40. The zero-order valence-corrected chi connectivity index (χ0v) is 12.1. The molecule has 0 spiro atoms. The SMILES string of the molecule is C[C@]12CC3CC(C(=O)N4CC(O)C4)(C1)C[C@](C)(C3)C2. The molecule has 0 radical (unpaired) electrons. The van der Waals surface area contributed by atoms with E-state index in [1.54, 1.807) is 0 Å². The van der Waals surface area contributed by atoms with Crippen LogP contribution in [0, 0.1) is 22.2 Å². The lowest BCUT2D eigenvalue weighted by molar-refractivity contribution is -0.186. The number of amides is 1. The molecule has 1 heterocycles. The summed E-state index contributed by atoms with van der Waals surface area (Å²) in [5.74, 6) is 1.13. The first-order valence-corrected chi connectivity index (χ1v) is 7.79. The first-order chi connectivity index (χ1) is 8.82. The van der Waals surface area contributed by atoms with Crippen LogP contribution in [-0.4, -0.2) is 35.1 Å². The molecule has 1 amide bonds. The lowest BCUT2D eigenvalue weighted by Crippen LogP contribution is -2.64. The molecule has 0 aromatic heterocycles. The summed E-state index contributed by atoms with van der Waals surface area (Å²) in [5, 5.41) is 9.46. The normalized spacial score (nSPS) is 52.4. The van der Waals surface area contributed by atoms with Crippen LogP contribution < -0.4 is 0 Å². The fraction of sp³-hybridized carbons (Fsp3) is 0.938. The summed E-state index contributed by atoms with van der Waals surface area (Å²) in [6, 6.07) is 0. The van der Waals surface area contributed by atoms with Crippen molar-refractivity contribution in [2.75, 3.05) is 13.1 Å². The lowest BCUT2D eigenvalue weighted by Gasteiger charge is -2.65. The van der Waals surface area contributed by atoms with Crippen LogP contribution >= 0.6 is 0 Å². The van der Waals surface area contributed by atoms with Crippen molar-refractivity contribution >= 4 is 5.91 Å². The summed E-state index contributed by atoms with van der Waals surface area (Å²) in [6.07, 6.45) is 7.01. The monoisotopic (exact) mass is 263 g/mol. The first kappa shape index (κ1) is 12.2. The summed E-state index contributed by atoms with van der Waals surface area (Å²) in [5.41, 5.74) is 0.712. The summed E-state index contributed by atoms with van der Waals surface area (Å²) >= 11 is 0. The van der Waals surface area contributed by atoms with Crippen molar-refractivity contribution in [3.8, 4) is 0 Å². The number of aliphatic hydroxyl groups is 1. The largest absolute Gasteiger partial charge is 0.389 e. The number of carbonyl (C=O) groups excluding carboxylic acids is 1. The van der Waals surface area contributed by atoms with Crippen LogP contribution in [0.2, 0.25) is 0 Å². The molecule has 0 aromatic rings.